The van der Waals surface area contributed by atoms with Crippen molar-refractivity contribution in [3.8, 4) is 28.4 Å². The Morgan fingerprint density at radius 2 is 1.61 bits per heavy atom. The molecule has 0 radical (unpaired) electrons. The maximum absolute atomic E-state index is 14.4. The summed E-state index contributed by atoms with van der Waals surface area (Å²) < 4.78 is 41.1. The molecular formula is C53H63FN2O8. The van der Waals surface area contributed by atoms with Crippen molar-refractivity contribution < 1.29 is 43.2 Å². The summed E-state index contributed by atoms with van der Waals surface area (Å²) in [5.41, 5.74) is 4.78. The highest BCUT2D eigenvalue weighted by Gasteiger charge is 2.65. The van der Waals surface area contributed by atoms with E-state index >= 15 is 0 Å². The Morgan fingerprint density at radius 3 is 2.28 bits per heavy atom. The maximum Gasteiger partial charge on any atom is 0.410 e. The summed E-state index contributed by atoms with van der Waals surface area (Å²) in [5, 5.41) is 24.9. The van der Waals surface area contributed by atoms with E-state index in [1.54, 1.807) is 30.0 Å². The molecule has 0 bridgehead atoms. The van der Waals surface area contributed by atoms with Gasteiger partial charge in [0.2, 0.25) is 5.79 Å². The molecule has 1 aliphatic heterocycles. The van der Waals surface area contributed by atoms with Crippen LogP contribution in [-0.4, -0.2) is 70.8 Å². The Balaban J connectivity index is 1.43. The summed E-state index contributed by atoms with van der Waals surface area (Å²) >= 11 is 0. The molecule has 64 heavy (non-hydrogen) atoms. The molecule has 4 aromatic carbocycles. The third-order valence-corrected chi connectivity index (χ3v) is 12.4. The second kappa shape index (κ2) is 21.0. The minimum atomic E-state index is -1.49. The number of hydrogen-bond acceptors (Lipinski definition) is 9. The van der Waals surface area contributed by atoms with E-state index in [1.807, 2.05) is 75.4 Å². The summed E-state index contributed by atoms with van der Waals surface area (Å²) in [6, 6.07) is 29.4. The zero-order valence-corrected chi connectivity index (χ0v) is 37.6. The van der Waals surface area contributed by atoms with E-state index in [0.717, 1.165) is 47.9 Å². The highest BCUT2D eigenvalue weighted by molar-refractivity contribution is 6.03. The molecule has 11 heteroatoms. The molecule has 0 spiro atoms. The van der Waals surface area contributed by atoms with Crippen LogP contribution in [0.1, 0.15) is 89.7 Å². The average molecular weight is 875 g/mol. The lowest BCUT2D eigenvalue weighted by molar-refractivity contribution is -0.256. The van der Waals surface area contributed by atoms with E-state index in [2.05, 4.69) is 30.9 Å². The van der Waals surface area contributed by atoms with Gasteiger partial charge in [0.05, 0.1) is 24.8 Å². The lowest BCUT2D eigenvalue weighted by Crippen LogP contribution is -2.70. The van der Waals surface area contributed by atoms with Gasteiger partial charge in [-0.2, -0.15) is 0 Å². The fraction of sp³-hybridized carbons (Fsp3) is 0.434. The SMILES string of the molecule is C=CCO[C@@]12Oc3ccc(Oc4ccc(-c5ccccc5)cc4)cc3[C@H]3[C@H](CCCCO)[C@@H](CCCCO)C=C(C(=NOC(C)(C)C)C[C@@H]1N(Cc1ccc(F)cc1)C(=O)OCC)[C@H]32. The summed E-state index contributed by atoms with van der Waals surface area (Å²) in [6.07, 6.45) is 8.10. The first-order valence-corrected chi connectivity index (χ1v) is 22.8. The zero-order valence-electron chi connectivity index (χ0n) is 37.6. The van der Waals surface area contributed by atoms with Crippen molar-refractivity contribution in [1.82, 2.24) is 4.90 Å². The molecule has 1 saturated carbocycles. The van der Waals surface area contributed by atoms with Crippen molar-refractivity contribution in [3.05, 3.63) is 138 Å². The number of carbonyl (C=O) groups excluding carboxylic acids is 1. The van der Waals surface area contributed by atoms with Crippen molar-refractivity contribution in [3.63, 3.8) is 0 Å². The van der Waals surface area contributed by atoms with Crippen molar-refractivity contribution in [2.75, 3.05) is 26.4 Å². The molecule has 0 saturated heterocycles. The van der Waals surface area contributed by atoms with Gasteiger partial charge in [-0.25, -0.2) is 9.18 Å². The monoisotopic (exact) mass is 874 g/mol. The Morgan fingerprint density at radius 1 is 0.922 bits per heavy atom. The second-order valence-electron chi connectivity index (χ2n) is 17.9. The number of oxime groups is 1. The number of fused-ring (bicyclic) bond motifs is 2. The molecule has 3 aliphatic rings. The largest absolute Gasteiger partial charge is 0.459 e. The molecule has 1 amide bonds. The van der Waals surface area contributed by atoms with Crippen LogP contribution in [0, 0.1) is 23.6 Å². The summed E-state index contributed by atoms with van der Waals surface area (Å²) in [5.74, 6) is -0.673. The smallest absolute Gasteiger partial charge is 0.410 e. The molecule has 6 atom stereocenters. The predicted molar refractivity (Wildman–Crippen MR) is 247 cm³/mol. The molecule has 0 unspecified atom stereocenters. The van der Waals surface area contributed by atoms with E-state index in [-0.39, 0.29) is 63.0 Å². The van der Waals surface area contributed by atoms with Crippen LogP contribution in [0.25, 0.3) is 11.1 Å². The Hall–Kier alpha value is -5.49. The van der Waals surface area contributed by atoms with Gasteiger partial charge in [-0.15, -0.1) is 6.58 Å². The summed E-state index contributed by atoms with van der Waals surface area (Å²) in [6.45, 7) is 12.1. The lowest BCUT2D eigenvalue weighted by atomic mass is 9.55. The van der Waals surface area contributed by atoms with Gasteiger partial charge >= 0.3 is 6.09 Å². The van der Waals surface area contributed by atoms with Crippen LogP contribution in [0.3, 0.4) is 0 Å². The number of aliphatic hydroxyl groups is 2. The number of amides is 1. The molecule has 10 nitrogen and oxygen atoms in total. The molecule has 2 aliphatic carbocycles. The van der Waals surface area contributed by atoms with Gasteiger partial charge in [-0.05, 0) is 130 Å². The van der Waals surface area contributed by atoms with E-state index < -0.39 is 29.4 Å². The van der Waals surface area contributed by atoms with Crippen LogP contribution in [0.15, 0.2) is 127 Å². The number of benzene rings is 4. The van der Waals surface area contributed by atoms with Crippen LogP contribution < -0.4 is 9.47 Å². The van der Waals surface area contributed by atoms with Crippen molar-refractivity contribution >= 4 is 11.8 Å². The Kier molecular flexibility index (Phi) is 15.3. The van der Waals surface area contributed by atoms with Crippen molar-refractivity contribution in [1.29, 1.82) is 0 Å². The summed E-state index contributed by atoms with van der Waals surface area (Å²) in [7, 11) is 0. The van der Waals surface area contributed by atoms with Gasteiger partial charge in [0.1, 0.15) is 34.7 Å². The van der Waals surface area contributed by atoms with Gasteiger partial charge in [0, 0.05) is 37.7 Å². The van der Waals surface area contributed by atoms with Crippen LogP contribution in [0.4, 0.5) is 9.18 Å². The molecule has 0 aromatic heterocycles. The standard InChI is InChI=1S/C53H63FN2O8/c1-6-31-61-53-48(56(51(59)60-7-2)35-36-19-23-40(54)24-20-36)34-46(55-64-52(3,4)5)44-32-39(17-11-13-29-57)43(18-12-14-30-58)49(50(44)53)45-33-42(27-28-47(45)63-53)62-41-25-21-38(22-26-41)37-15-9-8-10-16-37/h6,8-10,15-16,19-28,32-33,39,43,48-50,57-58H,1,7,11-14,17-18,29-31,34-35H2,2-5H3/t39-,43+,48-,49+,50+,53+/m0/s1. The predicted octanol–water partition coefficient (Wildman–Crippen LogP) is 11.4. The second-order valence-corrected chi connectivity index (χ2v) is 17.9. The average Bonchev–Trinajstić information content (AvgIpc) is 3.29. The van der Waals surface area contributed by atoms with Crippen molar-refractivity contribution in [2.24, 2.45) is 22.9 Å². The van der Waals surface area contributed by atoms with Crippen molar-refractivity contribution in [2.45, 2.75) is 103 Å². The summed E-state index contributed by atoms with van der Waals surface area (Å²) in [4.78, 5) is 22.3. The molecule has 4 aromatic rings. The third-order valence-electron chi connectivity index (χ3n) is 12.4. The van der Waals surface area contributed by atoms with E-state index in [4.69, 9.17) is 28.9 Å². The molecule has 7 rings (SSSR count). The van der Waals surface area contributed by atoms with Gasteiger partial charge in [0.15, 0.2) is 0 Å². The quantitative estimate of drug-likeness (QED) is 0.0543. The molecule has 2 N–H and O–H groups in total. The highest BCUT2D eigenvalue weighted by atomic mass is 19.1. The minimum Gasteiger partial charge on any atom is -0.459 e. The van der Waals surface area contributed by atoms with Crippen LogP contribution >= 0.6 is 0 Å². The van der Waals surface area contributed by atoms with Gasteiger partial charge in [-0.3, -0.25) is 4.90 Å². The normalized spacial score (nSPS) is 23.0. The first kappa shape index (κ1) is 46.5. The Bertz CT molecular complexity index is 2240. The van der Waals surface area contributed by atoms with Crippen LogP contribution in [-0.2, 0) is 20.9 Å². The number of rotatable bonds is 19. The van der Waals surface area contributed by atoms with E-state index in [0.29, 0.717) is 41.4 Å². The Labute approximate surface area is 377 Å². The topological polar surface area (TPSA) is 119 Å². The first-order chi connectivity index (χ1) is 31.0. The zero-order chi connectivity index (χ0) is 45.3. The van der Waals surface area contributed by atoms with E-state index in [9.17, 15) is 19.4 Å². The first-order valence-electron chi connectivity index (χ1n) is 22.8. The number of nitrogens with zero attached hydrogens (tertiary/aromatic N) is 2. The number of hydrogen-bond donors (Lipinski definition) is 2. The lowest BCUT2D eigenvalue weighted by Gasteiger charge is -2.60. The fourth-order valence-corrected chi connectivity index (χ4v) is 9.68. The number of unbranched alkanes of at least 4 members (excludes halogenated alkanes) is 2. The number of ether oxygens (including phenoxy) is 4. The van der Waals surface area contributed by atoms with Crippen LogP contribution in [0.5, 0.6) is 17.2 Å². The highest BCUT2D eigenvalue weighted by Crippen LogP contribution is 2.62. The molecule has 340 valence electrons. The number of carbonyl (C=O) groups is 1. The molecule has 1 fully saturated rings. The van der Waals surface area contributed by atoms with Crippen LogP contribution in [0.2, 0.25) is 0 Å². The van der Waals surface area contributed by atoms with Gasteiger partial charge in [-0.1, -0.05) is 84.7 Å². The minimum absolute atomic E-state index is 0.0189. The number of allylic oxidation sites excluding steroid dienone is 1. The molecular weight excluding hydrogens is 812 g/mol. The third kappa shape index (κ3) is 10.5. The van der Waals surface area contributed by atoms with Gasteiger partial charge < -0.3 is 34.0 Å². The maximum atomic E-state index is 14.4. The van der Waals surface area contributed by atoms with E-state index in [1.165, 1.54) is 12.1 Å². The van der Waals surface area contributed by atoms with Gasteiger partial charge in [0.25, 0.3) is 0 Å². The molecule has 1 heterocycles. The number of aliphatic hydroxyl groups excluding tert-OH is 2. The number of halogens is 1. The fourth-order valence-electron chi connectivity index (χ4n) is 9.68.